The highest BCUT2D eigenvalue weighted by Gasteiger charge is 2.14. The second-order valence-corrected chi connectivity index (χ2v) is 10.3. The van der Waals surface area contributed by atoms with Crippen molar-refractivity contribution in [2.45, 2.75) is 112 Å². The number of rotatable bonds is 12. The maximum Gasteiger partial charge on any atom is 0.160 e. The van der Waals surface area contributed by atoms with E-state index in [0.717, 1.165) is 43.2 Å². The zero-order chi connectivity index (χ0) is 20.5. The molecule has 1 aromatic rings. The molecule has 0 fully saturated rings. The van der Waals surface area contributed by atoms with Crippen molar-refractivity contribution in [3.63, 3.8) is 0 Å². The summed E-state index contributed by atoms with van der Waals surface area (Å²) in [5.74, 6) is 0.124. The molecule has 0 bridgehead atoms. The number of hydrogen-bond donors (Lipinski definition) is 2. The molecule has 0 atom stereocenters. The summed E-state index contributed by atoms with van der Waals surface area (Å²) in [6, 6.07) is 3.85. The fourth-order valence-electron chi connectivity index (χ4n) is 3.51. The Balaban J connectivity index is 2.42. The van der Waals surface area contributed by atoms with Crippen LogP contribution in [-0.4, -0.2) is 10.2 Å². The van der Waals surface area contributed by atoms with E-state index in [1.807, 2.05) is 0 Å². The van der Waals surface area contributed by atoms with E-state index in [1.54, 1.807) is 6.07 Å². The monoisotopic (exact) mass is 376 g/mol. The number of aromatic hydroxyl groups is 2. The minimum Gasteiger partial charge on any atom is -0.504 e. The molecule has 0 aliphatic carbocycles. The van der Waals surface area contributed by atoms with Crippen LogP contribution >= 0.6 is 0 Å². The summed E-state index contributed by atoms with van der Waals surface area (Å²) in [4.78, 5) is 0. The van der Waals surface area contributed by atoms with Crippen molar-refractivity contribution in [3.8, 4) is 11.5 Å². The maximum atomic E-state index is 10.2. The van der Waals surface area contributed by atoms with Gasteiger partial charge >= 0.3 is 0 Å². The van der Waals surface area contributed by atoms with E-state index in [-0.39, 0.29) is 11.5 Å². The molecule has 0 aromatic heterocycles. The van der Waals surface area contributed by atoms with Crippen LogP contribution in [0.2, 0.25) is 0 Å². The fraction of sp³-hybridized carbons (Fsp3) is 0.760. The van der Waals surface area contributed by atoms with Gasteiger partial charge in [0.2, 0.25) is 0 Å². The van der Waals surface area contributed by atoms with Crippen molar-refractivity contribution in [3.05, 3.63) is 23.3 Å². The van der Waals surface area contributed by atoms with Crippen molar-refractivity contribution in [1.82, 2.24) is 0 Å². The lowest BCUT2D eigenvalue weighted by atomic mass is 9.84. The standard InChI is InChI=1S/C25H44O2/c1-7-25(5,6)17-12-9-8-10-14-20-18-21(23(27)22(26)19-20)15-11-13-16-24(2,3)4/h18-19,26-27H,7-17H2,1-6H3. The Labute approximate surface area is 168 Å². The third-order valence-corrected chi connectivity index (χ3v) is 5.88. The molecule has 2 N–H and O–H groups in total. The van der Waals surface area contributed by atoms with E-state index < -0.39 is 0 Å². The minimum atomic E-state index is 0.0445. The van der Waals surface area contributed by atoms with E-state index in [1.165, 1.54) is 38.5 Å². The molecule has 0 saturated carbocycles. The molecule has 0 amide bonds. The Morgan fingerprint density at radius 3 is 1.96 bits per heavy atom. The summed E-state index contributed by atoms with van der Waals surface area (Å²) in [6.07, 6.45) is 12.8. The lowest BCUT2D eigenvalue weighted by Crippen LogP contribution is -2.08. The maximum absolute atomic E-state index is 10.2. The smallest absolute Gasteiger partial charge is 0.160 e. The first-order chi connectivity index (χ1) is 12.5. The Hall–Kier alpha value is -1.18. The van der Waals surface area contributed by atoms with E-state index in [4.69, 9.17) is 0 Å². The van der Waals surface area contributed by atoms with Crippen LogP contribution < -0.4 is 0 Å². The molecule has 2 nitrogen and oxygen atoms in total. The first-order valence-corrected chi connectivity index (χ1v) is 11.1. The lowest BCUT2D eigenvalue weighted by molar-refractivity contribution is 0.307. The van der Waals surface area contributed by atoms with Gasteiger partial charge in [-0.05, 0) is 66.5 Å². The summed E-state index contributed by atoms with van der Waals surface area (Å²) >= 11 is 0. The van der Waals surface area contributed by atoms with Crippen LogP contribution in [0, 0.1) is 10.8 Å². The molecule has 1 rings (SSSR count). The second kappa shape index (κ2) is 11.0. The highest BCUT2D eigenvalue weighted by atomic mass is 16.3. The van der Waals surface area contributed by atoms with Gasteiger partial charge in [0.15, 0.2) is 11.5 Å². The average molecular weight is 377 g/mol. The molecule has 0 radical (unpaired) electrons. The predicted molar refractivity (Wildman–Crippen MR) is 118 cm³/mol. The summed E-state index contributed by atoms with van der Waals surface area (Å²) in [5.41, 5.74) is 2.90. The Morgan fingerprint density at radius 2 is 1.33 bits per heavy atom. The van der Waals surface area contributed by atoms with Crippen LogP contribution in [0.1, 0.15) is 110 Å². The molecular weight excluding hydrogens is 332 g/mol. The molecule has 0 saturated heterocycles. The van der Waals surface area contributed by atoms with E-state index >= 15 is 0 Å². The third kappa shape index (κ3) is 10.1. The summed E-state index contributed by atoms with van der Waals surface area (Å²) in [5, 5.41) is 20.2. The lowest BCUT2D eigenvalue weighted by Gasteiger charge is -2.22. The van der Waals surface area contributed by atoms with Gasteiger partial charge in [-0.25, -0.2) is 0 Å². The summed E-state index contributed by atoms with van der Waals surface area (Å²) in [6.45, 7) is 13.8. The van der Waals surface area contributed by atoms with Gasteiger partial charge < -0.3 is 10.2 Å². The van der Waals surface area contributed by atoms with Gasteiger partial charge in [0.25, 0.3) is 0 Å². The molecule has 2 heteroatoms. The normalized spacial score (nSPS) is 12.5. The highest BCUT2D eigenvalue weighted by molar-refractivity contribution is 5.47. The van der Waals surface area contributed by atoms with Crippen molar-refractivity contribution < 1.29 is 10.2 Å². The molecule has 27 heavy (non-hydrogen) atoms. The van der Waals surface area contributed by atoms with Crippen LogP contribution in [-0.2, 0) is 12.8 Å². The van der Waals surface area contributed by atoms with Gasteiger partial charge in [-0.3, -0.25) is 0 Å². The van der Waals surface area contributed by atoms with Gasteiger partial charge in [-0.15, -0.1) is 0 Å². The van der Waals surface area contributed by atoms with Crippen LogP contribution in [0.3, 0.4) is 0 Å². The highest BCUT2D eigenvalue weighted by Crippen LogP contribution is 2.33. The van der Waals surface area contributed by atoms with Crippen molar-refractivity contribution >= 4 is 0 Å². The van der Waals surface area contributed by atoms with E-state index in [9.17, 15) is 10.2 Å². The predicted octanol–water partition coefficient (Wildman–Crippen LogP) is 7.79. The number of phenolic OH excluding ortho intramolecular Hbond substituents is 2. The largest absolute Gasteiger partial charge is 0.504 e. The van der Waals surface area contributed by atoms with Gasteiger partial charge in [-0.2, -0.15) is 0 Å². The molecule has 156 valence electrons. The molecule has 0 aliphatic heterocycles. The molecular formula is C25H44O2. The van der Waals surface area contributed by atoms with Gasteiger partial charge in [-0.1, -0.05) is 79.7 Å². The number of benzene rings is 1. The van der Waals surface area contributed by atoms with Crippen LogP contribution in [0.25, 0.3) is 0 Å². The number of aryl methyl sites for hydroxylation is 2. The number of hydrogen-bond acceptors (Lipinski definition) is 2. The van der Waals surface area contributed by atoms with E-state index in [0.29, 0.717) is 10.8 Å². The fourth-order valence-corrected chi connectivity index (χ4v) is 3.51. The van der Waals surface area contributed by atoms with Crippen LogP contribution in [0.15, 0.2) is 12.1 Å². The Morgan fingerprint density at radius 1 is 0.741 bits per heavy atom. The average Bonchev–Trinajstić information content (AvgIpc) is 2.57. The molecule has 0 spiro atoms. The zero-order valence-corrected chi connectivity index (χ0v) is 18.8. The van der Waals surface area contributed by atoms with Crippen molar-refractivity contribution in [2.24, 2.45) is 10.8 Å². The third-order valence-electron chi connectivity index (χ3n) is 5.88. The summed E-state index contributed by atoms with van der Waals surface area (Å²) < 4.78 is 0. The first kappa shape index (κ1) is 23.9. The Bertz CT molecular complexity index is 552. The number of phenols is 2. The van der Waals surface area contributed by atoms with Crippen LogP contribution in [0.4, 0.5) is 0 Å². The Kier molecular flexibility index (Phi) is 9.70. The zero-order valence-electron chi connectivity index (χ0n) is 18.8. The number of unbranched alkanes of at least 4 members (excludes halogenated alkanes) is 4. The summed E-state index contributed by atoms with van der Waals surface area (Å²) in [7, 11) is 0. The first-order valence-electron chi connectivity index (χ1n) is 11.1. The topological polar surface area (TPSA) is 40.5 Å². The minimum absolute atomic E-state index is 0.0445. The van der Waals surface area contributed by atoms with E-state index in [2.05, 4.69) is 47.6 Å². The second-order valence-electron chi connectivity index (χ2n) is 10.3. The van der Waals surface area contributed by atoms with Crippen molar-refractivity contribution in [1.29, 1.82) is 0 Å². The molecule has 1 aromatic carbocycles. The van der Waals surface area contributed by atoms with Crippen LogP contribution in [0.5, 0.6) is 11.5 Å². The van der Waals surface area contributed by atoms with Gasteiger partial charge in [0.05, 0.1) is 0 Å². The molecule has 0 aliphatic rings. The van der Waals surface area contributed by atoms with Crippen molar-refractivity contribution in [2.75, 3.05) is 0 Å². The molecule has 0 unspecified atom stereocenters. The molecule has 0 heterocycles. The SMILES string of the molecule is CCC(C)(C)CCCCCCc1cc(O)c(O)c(CCCCC(C)(C)C)c1. The van der Waals surface area contributed by atoms with Gasteiger partial charge in [0, 0.05) is 0 Å². The quantitative estimate of drug-likeness (QED) is 0.289. The van der Waals surface area contributed by atoms with Gasteiger partial charge in [0.1, 0.15) is 0 Å².